The van der Waals surface area contributed by atoms with Gasteiger partial charge in [0, 0.05) is 19.0 Å². The lowest BCUT2D eigenvalue weighted by Crippen LogP contribution is -2.61. The average molecular weight is 566 g/mol. The van der Waals surface area contributed by atoms with E-state index in [1.165, 1.54) is 18.6 Å². The molecule has 0 aromatic carbocycles. The Morgan fingerprint density at radius 1 is 1.24 bits per heavy atom. The molecule has 2 rings (SSSR count). The maximum absolute atomic E-state index is 13.5. The first kappa shape index (κ1) is 31.8. The summed E-state index contributed by atoms with van der Waals surface area (Å²) in [5.74, 6) is -3.24. The van der Waals surface area contributed by atoms with Gasteiger partial charge in [-0.3, -0.25) is 14.4 Å². The summed E-state index contributed by atoms with van der Waals surface area (Å²) >= 11 is 0. The van der Waals surface area contributed by atoms with E-state index in [2.05, 4.69) is 10.6 Å². The number of nitrogens with one attached hydrogen (secondary N) is 3. The highest BCUT2D eigenvalue weighted by molar-refractivity contribution is 7.90. The zero-order chi connectivity index (χ0) is 29.2. The van der Waals surface area contributed by atoms with Crippen molar-refractivity contribution in [2.75, 3.05) is 13.1 Å². The van der Waals surface area contributed by atoms with E-state index in [-0.39, 0.29) is 42.5 Å². The number of hydrogen-bond donors (Lipinski definition) is 3. The Balaban J connectivity index is 2.33. The van der Waals surface area contributed by atoms with E-state index in [0.29, 0.717) is 13.0 Å². The minimum atomic E-state index is -5.82. The molecule has 3 N–H and O–H groups in total. The SMILES string of the molecule is CC(C)[C@H](NS(=O)(=O)C(F)(F)F)C(=O)N1CC[C@@H](C(C)(C)C)C[C@H]1C(=O)N[C@H](C#N)C[C@H]1C(=O)NC[C@@H]1C. The average Bonchev–Trinajstić information content (AvgIpc) is 3.11. The second-order valence-corrected chi connectivity index (χ2v) is 13.4. The largest absolute Gasteiger partial charge is 0.511 e. The molecular formula is C24H38F3N5O5S. The molecule has 0 aromatic rings. The Morgan fingerprint density at radius 3 is 2.29 bits per heavy atom. The first-order valence-corrected chi connectivity index (χ1v) is 14.1. The number of amides is 3. The summed E-state index contributed by atoms with van der Waals surface area (Å²) in [6.07, 6.45) is 0.701. The third kappa shape index (κ3) is 7.37. The van der Waals surface area contributed by atoms with Gasteiger partial charge in [0.1, 0.15) is 18.1 Å². The molecule has 2 fully saturated rings. The summed E-state index contributed by atoms with van der Waals surface area (Å²) in [6, 6.07) is -1.94. The van der Waals surface area contributed by atoms with Crippen LogP contribution in [0.5, 0.6) is 0 Å². The number of carbonyl (C=O) groups excluding carboxylic acids is 3. The second-order valence-electron chi connectivity index (χ2n) is 11.7. The molecule has 0 radical (unpaired) electrons. The smallest absolute Gasteiger partial charge is 0.356 e. The van der Waals surface area contributed by atoms with E-state index in [0.717, 1.165) is 4.90 Å². The molecule has 2 aliphatic heterocycles. The van der Waals surface area contributed by atoms with E-state index in [1.807, 2.05) is 33.8 Å². The number of nitrogens with zero attached hydrogens (tertiary/aromatic N) is 2. The molecule has 2 saturated heterocycles. The molecule has 0 saturated carbocycles. The molecule has 0 bridgehead atoms. The number of likely N-dealkylation sites (tertiary alicyclic amines) is 1. The van der Waals surface area contributed by atoms with Crippen LogP contribution in [0, 0.1) is 40.4 Å². The fourth-order valence-electron chi connectivity index (χ4n) is 4.95. The number of halogens is 3. The van der Waals surface area contributed by atoms with Crippen LogP contribution in [0.2, 0.25) is 0 Å². The lowest BCUT2D eigenvalue weighted by atomic mass is 9.73. The van der Waals surface area contributed by atoms with Gasteiger partial charge in [0.25, 0.3) is 0 Å². The summed E-state index contributed by atoms with van der Waals surface area (Å²) in [5.41, 5.74) is -5.87. The van der Waals surface area contributed by atoms with Crippen LogP contribution in [-0.4, -0.2) is 67.8 Å². The normalized spacial score (nSPS) is 26.4. The van der Waals surface area contributed by atoms with Gasteiger partial charge in [0.2, 0.25) is 17.7 Å². The minimum Gasteiger partial charge on any atom is -0.356 e. The zero-order valence-corrected chi connectivity index (χ0v) is 23.4. The first-order valence-electron chi connectivity index (χ1n) is 12.7. The molecule has 0 aliphatic carbocycles. The van der Waals surface area contributed by atoms with Gasteiger partial charge in [-0.05, 0) is 42.4 Å². The van der Waals surface area contributed by atoms with Gasteiger partial charge < -0.3 is 15.5 Å². The maximum Gasteiger partial charge on any atom is 0.511 e. The number of rotatable bonds is 8. The van der Waals surface area contributed by atoms with Gasteiger partial charge in [-0.15, -0.1) is 0 Å². The van der Waals surface area contributed by atoms with Gasteiger partial charge in [-0.2, -0.15) is 23.2 Å². The van der Waals surface area contributed by atoms with E-state index >= 15 is 0 Å². The predicted octanol–water partition coefficient (Wildman–Crippen LogP) is 1.88. The van der Waals surface area contributed by atoms with E-state index in [9.17, 15) is 41.2 Å². The summed E-state index contributed by atoms with van der Waals surface area (Å²) in [4.78, 5) is 40.2. The molecule has 3 amide bonds. The van der Waals surface area contributed by atoms with Gasteiger partial charge in [-0.25, -0.2) is 8.42 Å². The number of sulfonamides is 1. The Morgan fingerprint density at radius 2 is 1.84 bits per heavy atom. The predicted molar refractivity (Wildman–Crippen MR) is 132 cm³/mol. The van der Waals surface area contributed by atoms with Crippen molar-refractivity contribution in [2.45, 2.75) is 84.4 Å². The van der Waals surface area contributed by atoms with Crippen LogP contribution in [0.1, 0.15) is 60.8 Å². The lowest BCUT2D eigenvalue weighted by molar-refractivity contribution is -0.146. The molecule has 14 heteroatoms. The molecule has 0 unspecified atom stereocenters. The van der Waals surface area contributed by atoms with Gasteiger partial charge in [0.05, 0.1) is 6.07 Å². The van der Waals surface area contributed by atoms with Crippen molar-refractivity contribution in [1.82, 2.24) is 20.3 Å². The number of piperidine rings is 1. The second kappa shape index (κ2) is 11.8. The van der Waals surface area contributed by atoms with Crippen LogP contribution in [0.4, 0.5) is 13.2 Å². The fourth-order valence-corrected chi connectivity index (χ4v) is 5.79. The number of nitriles is 1. The highest BCUT2D eigenvalue weighted by Crippen LogP contribution is 2.37. The van der Waals surface area contributed by atoms with Crippen molar-refractivity contribution in [2.24, 2.45) is 29.1 Å². The van der Waals surface area contributed by atoms with E-state index in [4.69, 9.17) is 0 Å². The molecule has 6 atom stereocenters. The number of alkyl halides is 3. The summed E-state index contributed by atoms with van der Waals surface area (Å²) in [6.45, 7) is 11.0. The van der Waals surface area contributed by atoms with Crippen LogP contribution >= 0.6 is 0 Å². The summed E-state index contributed by atoms with van der Waals surface area (Å²) < 4.78 is 64.2. The van der Waals surface area contributed by atoms with Gasteiger partial charge >= 0.3 is 15.5 Å². The van der Waals surface area contributed by atoms with Gasteiger partial charge in [-0.1, -0.05) is 41.5 Å². The van der Waals surface area contributed by atoms with Crippen molar-refractivity contribution in [3.05, 3.63) is 0 Å². The van der Waals surface area contributed by atoms with Crippen molar-refractivity contribution in [3.8, 4) is 6.07 Å². The van der Waals surface area contributed by atoms with E-state index < -0.39 is 57.3 Å². The van der Waals surface area contributed by atoms with Gasteiger partial charge in [0.15, 0.2) is 0 Å². The summed E-state index contributed by atoms with van der Waals surface area (Å²) in [5, 5.41) is 15.0. The summed E-state index contributed by atoms with van der Waals surface area (Å²) in [7, 11) is -5.82. The minimum absolute atomic E-state index is 0.0229. The van der Waals surface area contributed by atoms with Crippen LogP contribution in [-0.2, 0) is 24.4 Å². The fraction of sp³-hybridized carbons (Fsp3) is 0.833. The highest BCUT2D eigenvalue weighted by Gasteiger charge is 2.50. The third-order valence-corrected chi connectivity index (χ3v) is 8.69. The Bertz CT molecular complexity index is 1050. The molecule has 0 aromatic heterocycles. The molecule has 216 valence electrons. The molecule has 0 spiro atoms. The molecular weight excluding hydrogens is 527 g/mol. The topological polar surface area (TPSA) is 148 Å². The lowest BCUT2D eigenvalue weighted by Gasteiger charge is -2.44. The first-order chi connectivity index (χ1) is 17.3. The zero-order valence-electron chi connectivity index (χ0n) is 22.6. The number of carbonyl (C=O) groups is 3. The van der Waals surface area contributed by atoms with Crippen molar-refractivity contribution in [1.29, 1.82) is 5.26 Å². The highest BCUT2D eigenvalue weighted by atomic mass is 32.2. The molecule has 2 heterocycles. The molecule has 10 nitrogen and oxygen atoms in total. The molecule has 38 heavy (non-hydrogen) atoms. The maximum atomic E-state index is 13.5. The Kier molecular flexibility index (Phi) is 9.86. The molecule has 2 aliphatic rings. The number of hydrogen-bond acceptors (Lipinski definition) is 6. The third-order valence-electron chi connectivity index (χ3n) is 7.52. The van der Waals surface area contributed by atoms with Crippen LogP contribution in [0.25, 0.3) is 0 Å². The van der Waals surface area contributed by atoms with Crippen LogP contribution in [0.3, 0.4) is 0 Å². The van der Waals surface area contributed by atoms with Crippen molar-refractivity contribution >= 4 is 27.7 Å². The van der Waals surface area contributed by atoms with Crippen molar-refractivity contribution in [3.63, 3.8) is 0 Å². The standard InChI is InChI=1S/C24H38F3N5O5S/c1-13(2)19(31-38(36,37)24(25,26)27)22(35)32-8-7-15(23(4,5)6)9-18(32)21(34)30-16(11-28)10-17-14(3)12-29-20(17)33/h13-19,31H,7-10,12H2,1-6H3,(H,29,33)(H,30,34)/t14-,15+,16-,17+,18-,19-/m0/s1. The Hall–Kier alpha value is -2.40. The monoisotopic (exact) mass is 565 g/mol. The van der Waals surface area contributed by atoms with Crippen LogP contribution < -0.4 is 15.4 Å². The Labute approximate surface area is 222 Å². The van der Waals surface area contributed by atoms with Crippen LogP contribution in [0.15, 0.2) is 0 Å². The van der Waals surface area contributed by atoms with E-state index in [1.54, 1.807) is 0 Å². The quantitative estimate of drug-likeness (QED) is 0.409. The van der Waals surface area contributed by atoms with Crippen molar-refractivity contribution < 1.29 is 36.0 Å².